The summed E-state index contributed by atoms with van der Waals surface area (Å²) in [6, 6.07) is 3.60. The predicted molar refractivity (Wildman–Crippen MR) is 76.0 cm³/mol. The van der Waals surface area contributed by atoms with E-state index >= 15 is 0 Å². The molecule has 112 valence electrons. The summed E-state index contributed by atoms with van der Waals surface area (Å²) in [6.07, 6.45) is 0. The molecule has 0 N–H and O–H groups in total. The smallest absolute Gasteiger partial charge is 0.182 e. The summed E-state index contributed by atoms with van der Waals surface area (Å²) < 4.78 is 27.2. The van der Waals surface area contributed by atoms with Crippen molar-refractivity contribution < 1.29 is 13.6 Å². The van der Waals surface area contributed by atoms with Crippen LogP contribution in [0.1, 0.15) is 24.2 Å². The molecule has 20 heavy (non-hydrogen) atoms. The number of Topliss-reactive ketones (excluding diaryl/α,β-unsaturated/α-hetero) is 1. The van der Waals surface area contributed by atoms with Gasteiger partial charge in [-0.15, -0.1) is 0 Å². The molecule has 0 fully saturated rings. The van der Waals surface area contributed by atoms with Crippen molar-refractivity contribution in [2.75, 3.05) is 33.7 Å². The molecule has 0 saturated heterocycles. The van der Waals surface area contributed by atoms with Gasteiger partial charge >= 0.3 is 0 Å². The van der Waals surface area contributed by atoms with Gasteiger partial charge < -0.3 is 4.90 Å². The van der Waals surface area contributed by atoms with Crippen molar-refractivity contribution >= 4 is 5.78 Å². The SMILES string of the molecule is CCN(CC(=O)c1c(F)cccc1F)C(C)CN(C)C. The van der Waals surface area contributed by atoms with Crippen LogP contribution < -0.4 is 0 Å². The fraction of sp³-hybridized carbons (Fsp3) is 0.533. The molecule has 0 spiro atoms. The number of nitrogens with zero attached hydrogens (tertiary/aromatic N) is 2. The Hall–Kier alpha value is -1.33. The van der Waals surface area contributed by atoms with Crippen LogP contribution in [0, 0.1) is 11.6 Å². The average Bonchev–Trinajstić information content (AvgIpc) is 2.34. The van der Waals surface area contributed by atoms with Gasteiger partial charge in [-0.25, -0.2) is 8.78 Å². The fourth-order valence-electron chi connectivity index (χ4n) is 2.25. The van der Waals surface area contributed by atoms with Crippen LogP contribution in [0.3, 0.4) is 0 Å². The Kier molecular flexibility index (Phi) is 6.23. The van der Waals surface area contributed by atoms with Gasteiger partial charge in [0, 0.05) is 12.6 Å². The molecular formula is C15H22F2N2O. The zero-order valence-corrected chi connectivity index (χ0v) is 12.5. The lowest BCUT2D eigenvalue weighted by Gasteiger charge is -2.29. The zero-order chi connectivity index (χ0) is 15.3. The Morgan fingerprint density at radius 2 is 1.80 bits per heavy atom. The number of likely N-dealkylation sites (N-methyl/N-ethyl adjacent to an activating group) is 2. The minimum atomic E-state index is -0.800. The monoisotopic (exact) mass is 284 g/mol. The van der Waals surface area contributed by atoms with Crippen LogP contribution in [0.2, 0.25) is 0 Å². The molecule has 0 bridgehead atoms. The van der Waals surface area contributed by atoms with Crippen molar-refractivity contribution in [3.8, 4) is 0 Å². The minimum absolute atomic E-state index is 0.0172. The third kappa shape index (κ3) is 4.35. The van der Waals surface area contributed by atoms with E-state index in [9.17, 15) is 13.6 Å². The number of hydrogen-bond acceptors (Lipinski definition) is 3. The van der Waals surface area contributed by atoms with Gasteiger partial charge in [0.2, 0.25) is 0 Å². The maximum atomic E-state index is 13.6. The van der Waals surface area contributed by atoms with E-state index in [1.165, 1.54) is 6.07 Å². The third-order valence-electron chi connectivity index (χ3n) is 3.25. The molecule has 1 aromatic rings. The van der Waals surface area contributed by atoms with Crippen molar-refractivity contribution in [3.05, 3.63) is 35.4 Å². The molecule has 1 aromatic carbocycles. The lowest BCUT2D eigenvalue weighted by Crippen LogP contribution is -2.42. The molecule has 0 amide bonds. The summed E-state index contributed by atoms with van der Waals surface area (Å²) in [6.45, 7) is 5.37. The molecule has 0 aliphatic rings. The Bertz CT molecular complexity index is 443. The quantitative estimate of drug-likeness (QED) is 0.718. The zero-order valence-electron chi connectivity index (χ0n) is 12.5. The van der Waals surface area contributed by atoms with Crippen molar-refractivity contribution in [1.29, 1.82) is 0 Å². The van der Waals surface area contributed by atoms with Gasteiger partial charge in [-0.2, -0.15) is 0 Å². The molecule has 3 nitrogen and oxygen atoms in total. The van der Waals surface area contributed by atoms with Crippen LogP contribution in [0.25, 0.3) is 0 Å². The average molecular weight is 284 g/mol. The molecule has 0 radical (unpaired) electrons. The first-order valence-electron chi connectivity index (χ1n) is 6.72. The summed E-state index contributed by atoms with van der Waals surface area (Å²) >= 11 is 0. The normalized spacial score (nSPS) is 13.0. The van der Waals surface area contributed by atoms with E-state index in [1.807, 2.05) is 37.7 Å². The number of carbonyl (C=O) groups excluding carboxylic acids is 1. The number of halogens is 2. The van der Waals surface area contributed by atoms with Gasteiger partial charge in [-0.1, -0.05) is 13.0 Å². The number of ketones is 1. The highest BCUT2D eigenvalue weighted by atomic mass is 19.1. The van der Waals surface area contributed by atoms with E-state index in [0.717, 1.165) is 18.7 Å². The minimum Gasteiger partial charge on any atom is -0.308 e. The highest BCUT2D eigenvalue weighted by Gasteiger charge is 2.22. The van der Waals surface area contributed by atoms with Crippen LogP contribution in [0.15, 0.2) is 18.2 Å². The van der Waals surface area contributed by atoms with Crippen LogP contribution >= 0.6 is 0 Å². The van der Waals surface area contributed by atoms with E-state index in [0.29, 0.717) is 6.54 Å². The molecule has 1 rings (SSSR count). The van der Waals surface area contributed by atoms with E-state index in [2.05, 4.69) is 0 Å². The van der Waals surface area contributed by atoms with E-state index in [-0.39, 0.29) is 12.6 Å². The first kappa shape index (κ1) is 16.7. The van der Waals surface area contributed by atoms with Crippen LogP contribution in [0.5, 0.6) is 0 Å². The van der Waals surface area contributed by atoms with Gasteiger partial charge in [-0.05, 0) is 39.7 Å². The highest BCUT2D eigenvalue weighted by Crippen LogP contribution is 2.14. The van der Waals surface area contributed by atoms with Crippen LogP contribution in [-0.4, -0.2) is 55.4 Å². The summed E-state index contributed by atoms with van der Waals surface area (Å²) in [5, 5.41) is 0. The summed E-state index contributed by atoms with van der Waals surface area (Å²) in [4.78, 5) is 16.0. The third-order valence-corrected chi connectivity index (χ3v) is 3.25. The number of benzene rings is 1. The van der Waals surface area contributed by atoms with Crippen LogP contribution in [0.4, 0.5) is 8.78 Å². The van der Waals surface area contributed by atoms with Gasteiger partial charge in [0.1, 0.15) is 11.6 Å². The van der Waals surface area contributed by atoms with Crippen molar-refractivity contribution in [2.45, 2.75) is 19.9 Å². The van der Waals surface area contributed by atoms with Crippen LogP contribution in [-0.2, 0) is 0 Å². The van der Waals surface area contributed by atoms with Gasteiger partial charge in [0.05, 0.1) is 12.1 Å². The Morgan fingerprint density at radius 1 is 1.25 bits per heavy atom. The second-order valence-electron chi connectivity index (χ2n) is 5.19. The lowest BCUT2D eigenvalue weighted by molar-refractivity contribution is 0.0880. The second kappa shape index (κ2) is 7.45. The van der Waals surface area contributed by atoms with Crippen molar-refractivity contribution in [3.63, 3.8) is 0 Å². The highest BCUT2D eigenvalue weighted by molar-refractivity contribution is 5.98. The van der Waals surface area contributed by atoms with E-state index in [1.54, 1.807) is 0 Å². The fourth-order valence-corrected chi connectivity index (χ4v) is 2.25. The Morgan fingerprint density at radius 3 is 2.25 bits per heavy atom. The summed E-state index contributed by atoms with van der Waals surface area (Å²) in [5.74, 6) is -2.12. The maximum Gasteiger partial charge on any atom is 0.182 e. The van der Waals surface area contributed by atoms with E-state index in [4.69, 9.17) is 0 Å². The second-order valence-corrected chi connectivity index (χ2v) is 5.19. The summed E-state index contributed by atoms with van der Waals surface area (Å²) in [5.41, 5.74) is -0.442. The maximum absolute atomic E-state index is 13.6. The number of hydrogen-bond donors (Lipinski definition) is 0. The standard InChI is InChI=1S/C15H22F2N2O/c1-5-19(11(2)9-18(3)4)10-14(20)15-12(16)7-6-8-13(15)17/h6-8,11H,5,9-10H2,1-4H3. The molecule has 0 heterocycles. The first-order valence-corrected chi connectivity index (χ1v) is 6.72. The first-order chi connectivity index (χ1) is 9.36. The van der Waals surface area contributed by atoms with Crippen molar-refractivity contribution in [1.82, 2.24) is 9.80 Å². The molecule has 0 saturated carbocycles. The molecular weight excluding hydrogens is 262 g/mol. The van der Waals surface area contributed by atoms with Crippen molar-refractivity contribution in [2.24, 2.45) is 0 Å². The largest absolute Gasteiger partial charge is 0.308 e. The lowest BCUT2D eigenvalue weighted by atomic mass is 10.1. The topological polar surface area (TPSA) is 23.6 Å². The summed E-state index contributed by atoms with van der Waals surface area (Å²) in [7, 11) is 3.89. The molecule has 5 heteroatoms. The molecule has 0 aromatic heterocycles. The molecule has 0 aliphatic carbocycles. The molecule has 1 unspecified atom stereocenters. The van der Waals surface area contributed by atoms with Gasteiger partial charge in [-0.3, -0.25) is 9.69 Å². The Balaban J connectivity index is 2.82. The number of carbonyl (C=O) groups is 1. The predicted octanol–water partition coefficient (Wildman–Crippen LogP) is 2.42. The van der Waals surface area contributed by atoms with Gasteiger partial charge in [0.15, 0.2) is 5.78 Å². The number of rotatable bonds is 7. The molecule has 1 atom stereocenters. The van der Waals surface area contributed by atoms with Gasteiger partial charge in [0.25, 0.3) is 0 Å². The molecule has 0 aliphatic heterocycles. The Labute approximate surface area is 119 Å². The van der Waals surface area contributed by atoms with E-state index < -0.39 is 23.0 Å².